The Morgan fingerprint density at radius 2 is 1.91 bits per heavy atom. The number of hydrogen-bond donors (Lipinski definition) is 1. The zero-order chi connectivity index (χ0) is 16.4. The average molecular weight is 334 g/mol. The van der Waals surface area contributed by atoms with Crippen LogP contribution in [0.25, 0.3) is 5.69 Å². The lowest BCUT2D eigenvalue weighted by Gasteiger charge is -2.23. The summed E-state index contributed by atoms with van der Waals surface area (Å²) >= 11 is 6.18. The van der Waals surface area contributed by atoms with E-state index in [0.29, 0.717) is 23.8 Å². The van der Waals surface area contributed by atoms with Crippen molar-refractivity contribution >= 4 is 17.5 Å². The molecule has 1 aliphatic rings. The van der Waals surface area contributed by atoms with Gasteiger partial charge in [0.05, 0.1) is 22.1 Å². The van der Waals surface area contributed by atoms with Crippen LogP contribution in [0.4, 0.5) is 0 Å². The third-order valence-corrected chi connectivity index (χ3v) is 4.68. The molecule has 2 aromatic rings. The third-order valence-electron chi connectivity index (χ3n) is 4.13. The van der Waals surface area contributed by atoms with Crippen LogP contribution in [0.3, 0.4) is 0 Å². The molecule has 0 saturated carbocycles. The number of nitrogens with zero attached hydrogens (tertiary/aromatic N) is 2. The number of benzene rings is 1. The second kappa shape index (κ2) is 6.72. The highest BCUT2D eigenvalue weighted by Crippen LogP contribution is 2.22. The van der Waals surface area contributed by atoms with Gasteiger partial charge in [-0.25, -0.2) is 4.68 Å². The van der Waals surface area contributed by atoms with Crippen molar-refractivity contribution < 1.29 is 9.53 Å². The largest absolute Gasteiger partial charge is 0.381 e. The first-order valence-electron chi connectivity index (χ1n) is 7.77. The number of carbonyl (C=O) groups is 1. The van der Waals surface area contributed by atoms with Gasteiger partial charge >= 0.3 is 0 Å². The van der Waals surface area contributed by atoms with E-state index < -0.39 is 0 Å². The van der Waals surface area contributed by atoms with Crippen molar-refractivity contribution in [3.05, 3.63) is 46.2 Å². The molecule has 0 unspecified atom stereocenters. The Balaban J connectivity index is 1.73. The van der Waals surface area contributed by atoms with Gasteiger partial charge in [0.25, 0.3) is 5.91 Å². The maximum atomic E-state index is 12.3. The lowest BCUT2D eigenvalue weighted by Crippen LogP contribution is -2.38. The van der Waals surface area contributed by atoms with E-state index in [0.717, 1.165) is 29.9 Å². The summed E-state index contributed by atoms with van der Waals surface area (Å²) in [6.45, 7) is 5.22. The first-order valence-corrected chi connectivity index (χ1v) is 8.15. The number of rotatable bonds is 3. The van der Waals surface area contributed by atoms with Crippen molar-refractivity contribution in [1.29, 1.82) is 0 Å². The van der Waals surface area contributed by atoms with E-state index in [4.69, 9.17) is 16.3 Å². The van der Waals surface area contributed by atoms with E-state index in [-0.39, 0.29) is 11.9 Å². The normalized spacial score (nSPS) is 15.6. The van der Waals surface area contributed by atoms with Gasteiger partial charge < -0.3 is 10.1 Å². The summed E-state index contributed by atoms with van der Waals surface area (Å²) in [7, 11) is 0. The Kier molecular flexibility index (Phi) is 4.68. The lowest BCUT2D eigenvalue weighted by atomic mass is 10.1. The monoisotopic (exact) mass is 333 g/mol. The van der Waals surface area contributed by atoms with E-state index in [2.05, 4.69) is 10.4 Å². The molecule has 1 aromatic carbocycles. The lowest BCUT2D eigenvalue weighted by molar-refractivity contribution is 0.0696. The van der Waals surface area contributed by atoms with Gasteiger partial charge in [-0.2, -0.15) is 5.10 Å². The quantitative estimate of drug-likeness (QED) is 0.939. The predicted octanol–water partition coefficient (Wildman–Crippen LogP) is 3.05. The van der Waals surface area contributed by atoms with Gasteiger partial charge in [0, 0.05) is 24.8 Å². The van der Waals surface area contributed by atoms with Gasteiger partial charge in [-0.05, 0) is 51.0 Å². The Morgan fingerprint density at radius 1 is 1.26 bits per heavy atom. The number of amides is 1. The maximum absolute atomic E-state index is 12.3. The molecule has 0 atom stereocenters. The van der Waals surface area contributed by atoms with Gasteiger partial charge in [0.2, 0.25) is 0 Å². The van der Waals surface area contributed by atoms with Crippen LogP contribution in [0.2, 0.25) is 5.02 Å². The van der Waals surface area contributed by atoms with Crippen molar-refractivity contribution in [2.45, 2.75) is 32.7 Å². The van der Waals surface area contributed by atoms with Crippen LogP contribution in [0.15, 0.2) is 24.3 Å². The van der Waals surface area contributed by atoms with Crippen LogP contribution in [0, 0.1) is 13.8 Å². The van der Waals surface area contributed by atoms with E-state index in [9.17, 15) is 4.79 Å². The van der Waals surface area contributed by atoms with Crippen molar-refractivity contribution in [2.24, 2.45) is 0 Å². The van der Waals surface area contributed by atoms with Crippen LogP contribution < -0.4 is 5.32 Å². The summed E-state index contributed by atoms with van der Waals surface area (Å²) in [5.74, 6) is -0.0464. The number of aromatic nitrogens is 2. The minimum Gasteiger partial charge on any atom is -0.381 e. The van der Waals surface area contributed by atoms with E-state index in [1.807, 2.05) is 38.1 Å². The van der Waals surface area contributed by atoms with Crippen molar-refractivity contribution in [3.63, 3.8) is 0 Å². The molecule has 0 spiro atoms. The number of carbonyl (C=O) groups excluding carboxylic acids is 1. The molecule has 6 heteroatoms. The van der Waals surface area contributed by atoms with Crippen LogP contribution >= 0.6 is 11.6 Å². The molecule has 0 aliphatic carbocycles. The second-order valence-corrected chi connectivity index (χ2v) is 6.18. The van der Waals surface area contributed by atoms with Crippen LogP contribution in [0.1, 0.15) is 34.6 Å². The molecule has 0 radical (unpaired) electrons. The SMILES string of the molecule is Cc1nn(-c2ccc(C(=O)NC3CCOCC3)cc2)c(C)c1Cl. The van der Waals surface area contributed by atoms with Crippen molar-refractivity contribution in [3.8, 4) is 5.69 Å². The van der Waals surface area contributed by atoms with Crippen LogP contribution in [-0.4, -0.2) is 34.9 Å². The molecule has 122 valence electrons. The highest BCUT2D eigenvalue weighted by atomic mass is 35.5. The summed E-state index contributed by atoms with van der Waals surface area (Å²) < 4.78 is 7.09. The van der Waals surface area contributed by atoms with Gasteiger partial charge in [0.1, 0.15) is 0 Å². The fraction of sp³-hybridized carbons (Fsp3) is 0.412. The molecule has 1 saturated heterocycles. The summed E-state index contributed by atoms with van der Waals surface area (Å²) in [6, 6.07) is 7.59. The summed E-state index contributed by atoms with van der Waals surface area (Å²) in [5.41, 5.74) is 3.22. The molecular weight excluding hydrogens is 314 g/mol. The fourth-order valence-electron chi connectivity index (χ4n) is 2.74. The number of halogens is 1. The van der Waals surface area contributed by atoms with Gasteiger partial charge in [-0.15, -0.1) is 0 Å². The first-order chi connectivity index (χ1) is 11.1. The molecule has 0 bridgehead atoms. The molecule has 1 N–H and O–H groups in total. The fourth-order valence-corrected chi connectivity index (χ4v) is 2.86. The van der Waals surface area contributed by atoms with E-state index in [1.54, 1.807) is 4.68 Å². The first kappa shape index (κ1) is 16.0. The highest BCUT2D eigenvalue weighted by Gasteiger charge is 2.17. The molecule has 1 aliphatic heterocycles. The minimum atomic E-state index is -0.0464. The molecule has 23 heavy (non-hydrogen) atoms. The Bertz CT molecular complexity index is 703. The van der Waals surface area contributed by atoms with E-state index >= 15 is 0 Å². The molecule has 1 aromatic heterocycles. The Morgan fingerprint density at radius 3 is 2.48 bits per heavy atom. The molecule has 1 fully saturated rings. The van der Waals surface area contributed by atoms with Crippen molar-refractivity contribution in [2.75, 3.05) is 13.2 Å². The Hall–Kier alpha value is -1.85. The summed E-state index contributed by atoms with van der Waals surface area (Å²) in [6.07, 6.45) is 1.74. The number of aryl methyl sites for hydroxylation is 1. The van der Waals surface area contributed by atoms with Gasteiger partial charge in [-0.1, -0.05) is 11.6 Å². The molecule has 5 nitrogen and oxygen atoms in total. The molecular formula is C17H20ClN3O2. The number of nitrogens with one attached hydrogen (secondary N) is 1. The summed E-state index contributed by atoms with van der Waals surface area (Å²) in [4.78, 5) is 12.3. The van der Waals surface area contributed by atoms with Gasteiger partial charge in [0.15, 0.2) is 0 Å². The average Bonchev–Trinajstić information content (AvgIpc) is 2.83. The minimum absolute atomic E-state index is 0.0464. The smallest absolute Gasteiger partial charge is 0.251 e. The molecule has 2 heterocycles. The third kappa shape index (κ3) is 3.41. The number of hydrogen-bond acceptors (Lipinski definition) is 3. The van der Waals surface area contributed by atoms with Crippen LogP contribution in [0.5, 0.6) is 0 Å². The standard InChI is InChI=1S/C17H20ClN3O2/c1-11-16(18)12(2)21(20-11)15-5-3-13(4-6-15)17(22)19-14-7-9-23-10-8-14/h3-6,14H,7-10H2,1-2H3,(H,19,22). The Labute approximate surface area is 140 Å². The highest BCUT2D eigenvalue weighted by molar-refractivity contribution is 6.31. The molecule has 1 amide bonds. The van der Waals surface area contributed by atoms with Crippen LogP contribution in [-0.2, 0) is 4.74 Å². The summed E-state index contributed by atoms with van der Waals surface area (Å²) in [5, 5.41) is 8.15. The van der Waals surface area contributed by atoms with E-state index in [1.165, 1.54) is 0 Å². The van der Waals surface area contributed by atoms with Gasteiger partial charge in [-0.3, -0.25) is 4.79 Å². The predicted molar refractivity (Wildman–Crippen MR) is 89.4 cm³/mol. The second-order valence-electron chi connectivity index (χ2n) is 5.80. The molecule has 3 rings (SSSR count). The zero-order valence-electron chi connectivity index (χ0n) is 13.3. The maximum Gasteiger partial charge on any atom is 0.251 e. The van der Waals surface area contributed by atoms with Crippen molar-refractivity contribution in [1.82, 2.24) is 15.1 Å². The topological polar surface area (TPSA) is 56.2 Å². The zero-order valence-corrected chi connectivity index (χ0v) is 14.1. The number of ether oxygens (including phenoxy) is 1.